The average molecular weight is 429 g/mol. The molecule has 6 heteroatoms. The molecule has 1 N–H and O–H groups in total. The molecule has 0 atom stereocenters. The average Bonchev–Trinajstić information content (AvgIpc) is 3.16. The lowest BCUT2D eigenvalue weighted by atomic mass is 10.1. The van der Waals surface area contributed by atoms with E-state index in [0.717, 1.165) is 41.1 Å². The molecule has 32 heavy (non-hydrogen) atoms. The van der Waals surface area contributed by atoms with Crippen LogP contribution in [0.2, 0.25) is 0 Å². The summed E-state index contributed by atoms with van der Waals surface area (Å²) in [5.74, 6) is 1.78. The van der Waals surface area contributed by atoms with Crippen LogP contribution in [0.25, 0.3) is 11.2 Å². The van der Waals surface area contributed by atoms with Gasteiger partial charge in [-0.2, -0.15) is 0 Å². The zero-order valence-corrected chi connectivity index (χ0v) is 18.5. The van der Waals surface area contributed by atoms with Gasteiger partial charge in [0.15, 0.2) is 5.65 Å². The third-order valence-corrected chi connectivity index (χ3v) is 5.47. The second kappa shape index (κ2) is 10.1. The van der Waals surface area contributed by atoms with E-state index in [0.29, 0.717) is 19.5 Å². The maximum Gasteiger partial charge on any atom is 0.220 e. The number of aromatic nitrogens is 3. The van der Waals surface area contributed by atoms with Gasteiger partial charge < -0.3 is 14.6 Å². The van der Waals surface area contributed by atoms with Crippen LogP contribution in [0.1, 0.15) is 35.4 Å². The van der Waals surface area contributed by atoms with E-state index in [1.807, 2.05) is 36.4 Å². The third kappa shape index (κ3) is 5.32. The molecule has 1 amide bonds. The van der Waals surface area contributed by atoms with E-state index in [4.69, 9.17) is 9.72 Å². The van der Waals surface area contributed by atoms with E-state index < -0.39 is 0 Å². The molecular formula is C26H28N4O2. The second-order valence-corrected chi connectivity index (χ2v) is 7.93. The molecule has 0 saturated carbocycles. The molecule has 2 heterocycles. The Morgan fingerprint density at radius 3 is 2.72 bits per heavy atom. The molecule has 0 radical (unpaired) electrons. The highest BCUT2D eigenvalue weighted by Crippen LogP contribution is 2.18. The van der Waals surface area contributed by atoms with Crippen molar-refractivity contribution >= 4 is 17.1 Å². The van der Waals surface area contributed by atoms with Gasteiger partial charge in [0.1, 0.15) is 17.1 Å². The van der Waals surface area contributed by atoms with Crippen molar-refractivity contribution in [1.29, 1.82) is 0 Å². The Hall–Kier alpha value is -3.67. The molecule has 6 nitrogen and oxygen atoms in total. The molecule has 4 rings (SSSR count). The zero-order valence-electron chi connectivity index (χ0n) is 18.5. The number of aryl methyl sites for hydroxylation is 2. The molecule has 0 aliphatic carbocycles. The predicted molar refractivity (Wildman–Crippen MR) is 126 cm³/mol. The fourth-order valence-corrected chi connectivity index (χ4v) is 3.72. The lowest BCUT2D eigenvalue weighted by Crippen LogP contribution is -2.22. The van der Waals surface area contributed by atoms with E-state index in [1.165, 1.54) is 11.1 Å². The molecule has 0 fully saturated rings. The van der Waals surface area contributed by atoms with Gasteiger partial charge in [0.2, 0.25) is 5.91 Å². The number of amides is 1. The van der Waals surface area contributed by atoms with Crippen LogP contribution in [0.4, 0.5) is 0 Å². The van der Waals surface area contributed by atoms with E-state index in [2.05, 4.69) is 46.1 Å². The Kier molecular flexibility index (Phi) is 6.80. The highest BCUT2D eigenvalue weighted by Gasteiger charge is 2.13. The molecule has 0 unspecified atom stereocenters. The minimum Gasteiger partial charge on any atom is -0.497 e. The van der Waals surface area contributed by atoms with Gasteiger partial charge in [0, 0.05) is 25.6 Å². The van der Waals surface area contributed by atoms with Gasteiger partial charge in [-0.3, -0.25) is 4.79 Å². The Morgan fingerprint density at radius 2 is 1.91 bits per heavy atom. The van der Waals surface area contributed by atoms with Gasteiger partial charge in [-0.25, -0.2) is 9.97 Å². The van der Waals surface area contributed by atoms with E-state index >= 15 is 0 Å². The Labute approximate surface area is 188 Å². The smallest absolute Gasteiger partial charge is 0.220 e. The largest absolute Gasteiger partial charge is 0.497 e. The number of pyridine rings is 1. The van der Waals surface area contributed by atoms with Gasteiger partial charge in [-0.15, -0.1) is 0 Å². The molecule has 4 aromatic rings. The first kappa shape index (κ1) is 21.6. The number of hydrogen-bond donors (Lipinski definition) is 1. The zero-order chi connectivity index (χ0) is 22.3. The number of benzene rings is 2. The van der Waals surface area contributed by atoms with Gasteiger partial charge >= 0.3 is 0 Å². The summed E-state index contributed by atoms with van der Waals surface area (Å²) in [5, 5.41) is 2.99. The second-order valence-electron chi connectivity index (χ2n) is 7.93. The minimum atomic E-state index is 0.0344. The van der Waals surface area contributed by atoms with Crippen LogP contribution in [-0.2, 0) is 24.3 Å². The number of carbonyl (C=O) groups is 1. The quantitative estimate of drug-likeness (QED) is 0.428. The van der Waals surface area contributed by atoms with Gasteiger partial charge in [0.25, 0.3) is 0 Å². The van der Waals surface area contributed by atoms with Gasteiger partial charge in [-0.05, 0) is 48.7 Å². The Balaban J connectivity index is 1.38. The van der Waals surface area contributed by atoms with Crippen molar-refractivity contribution in [3.63, 3.8) is 0 Å². The standard InChI is InChI=1S/C26H28N4O2/c1-19-11-13-20(14-12-19)18-30-24(29-23-8-5-15-27-26(23)30)9-4-10-25(31)28-17-21-6-3-7-22(16-21)32-2/h3,5-8,11-16H,4,9-10,17-18H2,1-2H3,(H,28,31). The highest BCUT2D eigenvalue weighted by molar-refractivity contribution is 5.76. The number of ether oxygens (including phenoxy) is 1. The fourth-order valence-electron chi connectivity index (χ4n) is 3.72. The predicted octanol–water partition coefficient (Wildman–Crippen LogP) is 4.44. The van der Waals surface area contributed by atoms with E-state index in [9.17, 15) is 4.79 Å². The van der Waals surface area contributed by atoms with Gasteiger partial charge in [-0.1, -0.05) is 42.0 Å². The molecule has 164 valence electrons. The summed E-state index contributed by atoms with van der Waals surface area (Å²) in [6.45, 7) is 3.29. The van der Waals surface area contributed by atoms with Crippen LogP contribution < -0.4 is 10.1 Å². The number of hydrogen-bond acceptors (Lipinski definition) is 4. The first-order valence-electron chi connectivity index (χ1n) is 10.9. The molecule has 2 aromatic heterocycles. The summed E-state index contributed by atoms with van der Waals surface area (Å²) in [6.07, 6.45) is 3.69. The summed E-state index contributed by atoms with van der Waals surface area (Å²) in [6, 6.07) is 20.1. The number of carbonyl (C=O) groups excluding carboxylic acids is 1. The number of nitrogens with zero attached hydrogens (tertiary/aromatic N) is 3. The molecule has 0 spiro atoms. The summed E-state index contributed by atoms with van der Waals surface area (Å²) in [7, 11) is 1.64. The summed E-state index contributed by atoms with van der Waals surface area (Å²) in [4.78, 5) is 21.7. The minimum absolute atomic E-state index is 0.0344. The van der Waals surface area contributed by atoms with Crippen molar-refractivity contribution in [3.8, 4) is 5.75 Å². The summed E-state index contributed by atoms with van der Waals surface area (Å²) < 4.78 is 7.39. The first-order chi connectivity index (χ1) is 15.6. The molecule has 2 aromatic carbocycles. The molecule has 0 aliphatic heterocycles. The van der Waals surface area contributed by atoms with Crippen LogP contribution in [0.15, 0.2) is 66.9 Å². The maximum absolute atomic E-state index is 12.4. The van der Waals surface area contributed by atoms with Gasteiger partial charge in [0.05, 0.1) is 13.7 Å². The number of nitrogens with one attached hydrogen (secondary N) is 1. The van der Waals surface area contributed by atoms with Crippen molar-refractivity contribution in [2.45, 2.75) is 39.3 Å². The van der Waals surface area contributed by atoms with Crippen molar-refractivity contribution < 1.29 is 9.53 Å². The summed E-state index contributed by atoms with van der Waals surface area (Å²) >= 11 is 0. The fraction of sp³-hybridized carbons (Fsp3) is 0.269. The van der Waals surface area contributed by atoms with Crippen LogP contribution in [-0.4, -0.2) is 27.6 Å². The van der Waals surface area contributed by atoms with Crippen molar-refractivity contribution in [3.05, 3.63) is 89.4 Å². The molecule has 0 bridgehead atoms. The lowest BCUT2D eigenvalue weighted by molar-refractivity contribution is -0.121. The molecule has 0 saturated heterocycles. The number of fused-ring (bicyclic) bond motifs is 1. The maximum atomic E-state index is 12.4. The van der Waals surface area contributed by atoms with Crippen LogP contribution in [0.5, 0.6) is 5.75 Å². The lowest BCUT2D eigenvalue weighted by Gasteiger charge is -2.10. The Morgan fingerprint density at radius 1 is 1.06 bits per heavy atom. The Bertz CT molecular complexity index is 1200. The van der Waals surface area contributed by atoms with Crippen molar-refractivity contribution in [2.75, 3.05) is 7.11 Å². The van der Waals surface area contributed by atoms with Crippen LogP contribution in [0.3, 0.4) is 0 Å². The van der Waals surface area contributed by atoms with Crippen LogP contribution in [0, 0.1) is 6.92 Å². The number of rotatable bonds is 9. The van der Waals surface area contributed by atoms with Crippen molar-refractivity contribution in [1.82, 2.24) is 19.9 Å². The monoisotopic (exact) mass is 428 g/mol. The highest BCUT2D eigenvalue weighted by atomic mass is 16.5. The number of imidazole rings is 1. The third-order valence-electron chi connectivity index (χ3n) is 5.47. The van der Waals surface area contributed by atoms with E-state index in [-0.39, 0.29) is 5.91 Å². The summed E-state index contributed by atoms with van der Waals surface area (Å²) in [5.41, 5.74) is 5.23. The normalized spacial score (nSPS) is 10.9. The first-order valence-corrected chi connectivity index (χ1v) is 10.9. The molecular weight excluding hydrogens is 400 g/mol. The van der Waals surface area contributed by atoms with Crippen molar-refractivity contribution in [2.24, 2.45) is 0 Å². The van der Waals surface area contributed by atoms with Crippen LogP contribution >= 0.6 is 0 Å². The SMILES string of the molecule is COc1cccc(CNC(=O)CCCc2nc3cccnc3n2Cc2ccc(C)cc2)c1. The number of methoxy groups -OCH3 is 1. The van der Waals surface area contributed by atoms with E-state index in [1.54, 1.807) is 13.3 Å². The topological polar surface area (TPSA) is 69.0 Å². The molecule has 0 aliphatic rings.